The smallest absolute Gasteiger partial charge is 0.255 e. The summed E-state index contributed by atoms with van der Waals surface area (Å²) in [5.74, 6) is -0.796. The molecule has 0 saturated heterocycles. The van der Waals surface area contributed by atoms with Crippen LogP contribution in [-0.4, -0.2) is 10.9 Å². The molecule has 0 fully saturated rings. The van der Waals surface area contributed by atoms with Crippen molar-refractivity contribution < 1.29 is 9.18 Å². The SMILES string of the molecule is Cc1ccc(F)c(NC(=O)c2ccncc2)c1. The largest absolute Gasteiger partial charge is 0.319 e. The highest BCUT2D eigenvalue weighted by molar-refractivity contribution is 6.04. The fourth-order valence-corrected chi connectivity index (χ4v) is 1.43. The second-order valence-electron chi connectivity index (χ2n) is 3.67. The quantitative estimate of drug-likeness (QED) is 0.861. The molecule has 0 spiro atoms. The van der Waals surface area contributed by atoms with E-state index in [4.69, 9.17) is 0 Å². The summed E-state index contributed by atoms with van der Waals surface area (Å²) in [4.78, 5) is 15.6. The number of pyridine rings is 1. The standard InChI is InChI=1S/C13H11FN2O/c1-9-2-3-11(14)12(8-9)16-13(17)10-4-6-15-7-5-10/h2-8H,1H3,(H,16,17). The lowest BCUT2D eigenvalue weighted by Gasteiger charge is -2.07. The van der Waals surface area contributed by atoms with Crippen molar-refractivity contribution in [1.29, 1.82) is 0 Å². The van der Waals surface area contributed by atoms with E-state index in [2.05, 4.69) is 10.3 Å². The first kappa shape index (κ1) is 11.3. The van der Waals surface area contributed by atoms with Crippen LogP contribution in [0.25, 0.3) is 0 Å². The summed E-state index contributed by atoms with van der Waals surface area (Å²) < 4.78 is 13.4. The van der Waals surface area contributed by atoms with Gasteiger partial charge in [-0.05, 0) is 36.8 Å². The van der Waals surface area contributed by atoms with Gasteiger partial charge in [0, 0.05) is 18.0 Å². The molecule has 0 saturated carbocycles. The van der Waals surface area contributed by atoms with Gasteiger partial charge in [0.2, 0.25) is 0 Å². The van der Waals surface area contributed by atoms with Crippen LogP contribution in [0.3, 0.4) is 0 Å². The van der Waals surface area contributed by atoms with Gasteiger partial charge in [0.25, 0.3) is 5.91 Å². The van der Waals surface area contributed by atoms with Gasteiger partial charge in [-0.15, -0.1) is 0 Å². The van der Waals surface area contributed by atoms with Crippen molar-refractivity contribution in [2.75, 3.05) is 5.32 Å². The molecule has 1 amide bonds. The fraction of sp³-hybridized carbons (Fsp3) is 0.0769. The Bertz CT molecular complexity index is 540. The van der Waals surface area contributed by atoms with Crippen molar-refractivity contribution in [3.8, 4) is 0 Å². The van der Waals surface area contributed by atoms with Crippen LogP contribution in [0.1, 0.15) is 15.9 Å². The molecule has 0 bridgehead atoms. The Morgan fingerprint density at radius 2 is 1.94 bits per heavy atom. The first-order valence-corrected chi connectivity index (χ1v) is 5.14. The Kier molecular flexibility index (Phi) is 3.14. The number of hydrogen-bond acceptors (Lipinski definition) is 2. The Hall–Kier alpha value is -2.23. The molecule has 1 N–H and O–H groups in total. The number of carbonyl (C=O) groups excluding carboxylic acids is 1. The molecule has 3 nitrogen and oxygen atoms in total. The zero-order valence-electron chi connectivity index (χ0n) is 9.27. The van der Waals surface area contributed by atoms with E-state index in [1.165, 1.54) is 18.5 Å². The number of nitrogens with one attached hydrogen (secondary N) is 1. The van der Waals surface area contributed by atoms with E-state index in [1.807, 2.05) is 6.92 Å². The number of hydrogen-bond donors (Lipinski definition) is 1. The van der Waals surface area contributed by atoms with E-state index in [1.54, 1.807) is 24.3 Å². The minimum atomic E-state index is -0.446. The number of halogens is 1. The summed E-state index contributed by atoms with van der Waals surface area (Å²) in [6, 6.07) is 7.72. The molecule has 1 heterocycles. The average Bonchev–Trinajstić information content (AvgIpc) is 2.35. The third kappa shape index (κ3) is 2.66. The average molecular weight is 230 g/mol. The highest BCUT2D eigenvalue weighted by Gasteiger charge is 2.08. The topological polar surface area (TPSA) is 42.0 Å². The molecule has 0 atom stereocenters. The van der Waals surface area contributed by atoms with Gasteiger partial charge in [-0.25, -0.2) is 4.39 Å². The van der Waals surface area contributed by atoms with Gasteiger partial charge in [-0.2, -0.15) is 0 Å². The molecular weight excluding hydrogens is 219 g/mol. The molecule has 0 aliphatic rings. The lowest BCUT2D eigenvalue weighted by atomic mass is 10.2. The summed E-state index contributed by atoms with van der Waals surface area (Å²) in [6.45, 7) is 1.83. The van der Waals surface area contributed by atoms with Crippen molar-refractivity contribution in [3.63, 3.8) is 0 Å². The molecule has 1 aromatic heterocycles. The van der Waals surface area contributed by atoms with E-state index < -0.39 is 5.82 Å². The number of amides is 1. The number of rotatable bonds is 2. The molecule has 17 heavy (non-hydrogen) atoms. The number of nitrogens with zero attached hydrogens (tertiary/aromatic N) is 1. The minimum absolute atomic E-state index is 0.187. The second-order valence-corrected chi connectivity index (χ2v) is 3.67. The second kappa shape index (κ2) is 4.74. The van der Waals surface area contributed by atoms with Crippen molar-refractivity contribution in [2.24, 2.45) is 0 Å². The van der Waals surface area contributed by atoms with E-state index in [0.29, 0.717) is 5.56 Å². The highest BCUT2D eigenvalue weighted by atomic mass is 19.1. The van der Waals surface area contributed by atoms with E-state index in [0.717, 1.165) is 5.56 Å². The summed E-state index contributed by atoms with van der Waals surface area (Å²) in [6.07, 6.45) is 3.03. The molecule has 2 aromatic rings. The lowest BCUT2D eigenvalue weighted by Crippen LogP contribution is -2.13. The van der Waals surface area contributed by atoms with Crippen molar-refractivity contribution in [1.82, 2.24) is 4.98 Å². The zero-order chi connectivity index (χ0) is 12.3. The fourth-order valence-electron chi connectivity index (χ4n) is 1.43. The predicted molar refractivity (Wildman–Crippen MR) is 63.3 cm³/mol. The Balaban J connectivity index is 2.22. The number of anilines is 1. The number of carbonyl (C=O) groups is 1. The number of benzene rings is 1. The van der Waals surface area contributed by atoms with Crippen LogP contribution in [-0.2, 0) is 0 Å². The first-order chi connectivity index (χ1) is 8.16. The molecule has 0 radical (unpaired) electrons. The van der Waals surface area contributed by atoms with Crippen LogP contribution in [0.15, 0.2) is 42.7 Å². The van der Waals surface area contributed by atoms with Crippen LogP contribution in [0, 0.1) is 12.7 Å². The van der Waals surface area contributed by atoms with Gasteiger partial charge in [-0.3, -0.25) is 9.78 Å². The molecule has 86 valence electrons. The summed E-state index contributed by atoms with van der Waals surface area (Å²) in [5, 5.41) is 2.53. The van der Waals surface area contributed by atoms with E-state index in [-0.39, 0.29) is 11.6 Å². The van der Waals surface area contributed by atoms with Crippen LogP contribution >= 0.6 is 0 Å². The maximum absolute atomic E-state index is 13.4. The van der Waals surface area contributed by atoms with Gasteiger partial charge in [-0.1, -0.05) is 6.07 Å². The maximum atomic E-state index is 13.4. The number of aryl methyl sites for hydroxylation is 1. The van der Waals surface area contributed by atoms with Crippen LogP contribution in [0.2, 0.25) is 0 Å². The van der Waals surface area contributed by atoms with Crippen LogP contribution in [0.5, 0.6) is 0 Å². The van der Waals surface area contributed by atoms with Gasteiger partial charge in [0.1, 0.15) is 5.82 Å². The van der Waals surface area contributed by atoms with E-state index in [9.17, 15) is 9.18 Å². The molecule has 0 aliphatic heterocycles. The van der Waals surface area contributed by atoms with Crippen molar-refractivity contribution >= 4 is 11.6 Å². The summed E-state index contributed by atoms with van der Waals surface area (Å²) >= 11 is 0. The molecule has 1 aromatic carbocycles. The molecule has 2 rings (SSSR count). The van der Waals surface area contributed by atoms with Crippen LogP contribution < -0.4 is 5.32 Å². The maximum Gasteiger partial charge on any atom is 0.255 e. The Labute approximate surface area is 98.3 Å². The third-order valence-electron chi connectivity index (χ3n) is 2.31. The van der Waals surface area contributed by atoms with Crippen LogP contribution in [0.4, 0.5) is 10.1 Å². The first-order valence-electron chi connectivity index (χ1n) is 5.14. The van der Waals surface area contributed by atoms with Gasteiger partial charge >= 0.3 is 0 Å². The van der Waals surface area contributed by atoms with Crippen molar-refractivity contribution in [3.05, 3.63) is 59.7 Å². The normalized spacial score (nSPS) is 10.0. The highest BCUT2D eigenvalue weighted by Crippen LogP contribution is 2.16. The van der Waals surface area contributed by atoms with Crippen molar-refractivity contribution in [2.45, 2.75) is 6.92 Å². The van der Waals surface area contributed by atoms with Gasteiger partial charge in [0.05, 0.1) is 5.69 Å². The predicted octanol–water partition coefficient (Wildman–Crippen LogP) is 2.78. The Morgan fingerprint density at radius 1 is 1.24 bits per heavy atom. The lowest BCUT2D eigenvalue weighted by molar-refractivity contribution is 0.102. The molecular formula is C13H11FN2O. The van der Waals surface area contributed by atoms with Gasteiger partial charge < -0.3 is 5.32 Å². The minimum Gasteiger partial charge on any atom is -0.319 e. The monoisotopic (exact) mass is 230 g/mol. The third-order valence-corrected chi connectivity index (χ3v) is 2.31. The summed E-state index contributed by atoms with van der Waals surface area (Å²) in [7, 11) is 0. The summed E-state index contributed by atoms with van der Waals surface area (Å²) in [5.41, 5.74) is 1.52. The van der Waals surface area contributed by atoms with Gasteiger partial charge in [0.15, 0.2) is 0 Å². The Morgan fingerprint density at radius 3 is 2.65 bits per heavy atom. The number of aromatic nitrogens is 1. The molecule has 4 heteroatoms. The molecule has 0 aliphatic carbocycles. The van der Waals surface area contributed by atoms with E-state index >= 15 is 0 Å². The zero-order valence-corrected chi connectivity index (χ0v) is 9.27. The molecule has 0 unspecified atom stereocenters.